The molecule has 100 heavy (non-hydrogen) atoms. The van der Waals surface area contributed by atoms with E-state index in [0.717, 1.165) is 122 Å². The fraction of sp³-hybridized carbons (Fsp3) is 0.753. The Balaban J connectivity index is 0.000000697. The predicted molar refractivity (Wildman–Crippen MR) is 383 cm³/mol. The second-order valence-corrected chi connectivity index (χ2v) is 30.0. The summed E-state index contributed by atoms with van der Waals surface area (Å²) in [6, 6.07) is 7.74. The van der Waals surface area contributed by atoms with Gasteiger partial charge in [0, 0.05) is 99.2 Å². The van der Waals surface area contributed by atoms with Gasteiger partial charge >= 0.3 is 5.97 Å². The summed E-state index contributed by atoms with van der Waals surface area (Å²) < 4.78 is 0. The van der Waals surface area contributed by atoms with Crippen LogP contribution >= 0.6 is 0 Å². The normalized spacial score (nSPS) is 16.3. The molecule has 0 aromatic heterocycles. The van der Waals surface area contributed by atoms with E-state index in [1.165, 1.54) is 9.80 Å². The van der Waals surface area contributed by atoms with Crippen molar-refractivity contribution in [2.24, 2.45) is 39.9 Å². The highest BCUT2D eigenvalue weighted by atomic mass is 16.5. The summed E-state index contributed by atoms with van der Waals surface area (Å²) in [5.74, 6) is -3.61. The Labute approximate surface area is 597 Å². The average Bonchev–Trinajstić information content (AvgIpc) is 0.837. The molecule has 1 aromatic carbocycles. The largest absolute Gasteiger partial charge is 0.481 e. The number of hydroxylamine groups is 4. The molecule has 0 radical (unpaired) electrons. The molecule has 3 fully saturated rings. The minimum Gasteiger partial charge on any atom is -0.481 e. The molecule has 0 aliphatic carbocycles. The number of likely N-dealkylation sites (tertiary alicyclic amines) is 1. The van der Waals surface area contributed by atoms with E-state index in [2.05, 4.69) is 39.2 Å². The number of carboxylic acid groups (broad SMARTS) is 1. The van der Waals surface area contributed by atoms with E-state index in [1.807, 2.05) is 112 Å². The minimum atomic E-state index is -0.817. The van der Waals surface area contributed by atoms with E-state index in [1.54, 1.807) is 23.9 Å². The van der Waals surface area contributed by atoms with Crippen molar-refractivity contribution < 1.29 is 68.3 Å². The highest BCUT2D eigenvalue weighted by molar-refractivity contribution is 5.91. The number of amides is 10. The van der Waals surface area contributed by atoms with Crippen LogP contribution < -0.4 is 21.3 Å². The van der Waals surface area contributed by atoms with Gasteiger partial charge in [0.2, 0.25) is 61.1 Å². The first-order valence-electron chi connectivity index (χ1n) is 36.2. The third-order valence-corrected chi connectivity index (χ3v) is 18.0. The van der Waals surface area contributed by atoms with Crippen molar-refractivity contribution in [1.82, 2.24) is 60.8 Å². The Morgan fingerprint density at radius 2 is 0.830 bits per heavy atom. The van der Waals surface area contributed by atoms with Crippen LogP contribution in [0, 0.1) is 51.2 Å². The molecule has 568 valence electrons. The SMILES string of the molecule is CCCC[C@H](CN(C)C=O)C(=O)N[C@H](C(=O)N1CCCCC1)C(C)(C)C.CCCC[C@H](CN(C)C=O)C(=O)O.CCCC[C@H](CN(O)C=O)C(=O)N[C@H](C(=O)N1CCN(Cc2ccc(C#N)cc2)CC1)C(C)(C)C.CCCC[C@H](CN(O)C=O)C(=O)N[C@H](C(=O)N1CCNCC1)C(C)(C)C. The van der Waals surface area contributed by atoms with Gasteiger partial charge in [0.05, 0.1) is 48.4 Å². The Bertz CT molecular complexity index is 2570. The first-order valence-corrected chi connectivity index (χ1v) is 36.2. The van der Waals surface area contributed by atoms with Crippen LogP contribution in [0.2, 0.25) is 0 Å². The zero-order valence-corrected chi connectivity index (χ0v) is 63.2. The van der Waals surface area contributed by atoms with Crippen molar-refractivity contribution in [2.45, 2.75) is 211 Å². The van der Waals surface area contributed by atoms with Gasteiger partial charge in [-0.1, -0.05) is 154 Å². The van der Waals surface area contributed by atoms with Crippen LogP contribution in [0.4, 0.5) is 0 Å². The molecule has 0 spiro atoms. The third-order valence-electron chi connectivity index (χ3n) is 18.0. The first kappa shape index (κ1) is 90.7. The van der Waals surface area contributed by atoms with Crippen molar-refractivity contribution >= 4 is 67.1 Å². The third kappa shape index (κ3) is 34.9. The maximum Gasteiger partial charge on any atom is 0.308 e. The highest BCUT2D eigenvalue weighted by Gasteiger charge is 2.41. The first-order chi connectivity index (χ1) is 47.1. The number of nitrogens with zero attached hydrogens (tertiary/aromatic N) is 9. The van der Waals surface area contributed by atoms with Gasteiger partial charge in [-0.15, -0.1) is 0 Å². The van der Waals surface area contributed by atoms with E-state index in [0.29, 0.717) is 100 Å². The number of piperazine rings is 2. The summed E-state index contributed by atoms with van der Waals surface area (Å²) in [6.07, 6.45) is 14.8. The summed E-state index contributed by atoms with van der Waals surface area (Å²) in [4.78, 5) is 142. The predicted octanol–water partition coefficient (Wildman–Crippen LogP) is 6.38. The van der Waals surface area contributed by atoms with Crippen LogP contribution in [-0.4, -0.2) is 246 Å². The molecule has 1 aromatic rings. The number of carbonyl (C=O) groups excluding carboxylic acids is 10. The fourth-order valence-electron chi connectivity index (χ4n) is 11.7. The molecule has 3 aliphatic heterocycles. The zero-order valence-electron chi connectivity index (χ0n) is 63.2. The molecule has 4 rings (SSSR count). The smallest absolute Gasteiger partial charge is 0.308 e. The number of carbonyl (C=O) groups is 11. The van der Waals surface area contributed by atoms with E-state index in [4.69, 9.17) is 10.4 Å². The van der Waals surface area contributed by atoms with Crippen LogP contribution in [0.15, 0.2) is 24.3 Å². The van der Waals surface area contributed by atoms with Crippen LogP contribution in [0.1, 0.15) is 197 Å². The second-order valence-electron chi connectivity index (χ2n) is 30.0. The summed E-state index contributed by atoms with van der Waals surface area (Å²) in [7, 11) is 3.27. The maximum absolute atomic E-state index is 13.5. The van der Waals surface area contributed by atoms with Crippen LogP contribution in [-0.2, 0) is 59.3 Å². The molecule has 27 nitrogen and oxygen atoms in total. The fourth-order valence-corrected chi connectivity index (χ4v) is 11.7. The number of benzene rings is 1. The molecule has 3 heterocycles. The van der Waals surface area contributed by atoms with Gasteiger partial charge in [0.1, 0.15) is 18.1 Å². The lowest BCUT2D eigenvalue weighted by atomic mass is 9.84. The molecule has 3 aliphatic rings. The van der Waals surface area contributed by atoms with Gasteiger partial charge in [-0.2, -0.15) is 5.26 Å². The van der Waals surface area contributed by atoms with E-state index in [-0.39, 0.29) is 66.3 Å². The van der Waals surface area contributed by atoms with Gasteiger partial charge in [-0.3, -0.25) is 68.1 Å². The molecule has 0 unspecified atom stereocenters. The average molecular weight is 1410 g/mol. The highest BCUT2D eigenvalue weighted by Crippen LogP contribution is 2.27. The number of hydrogen-bond acceptors (Lipinski definition) is 16. The Kier molecular flexibility index (Phi) is 43.3. The van der Waals surface area contributed by atoms with Crippen LogP contribution in [0.3, 0.4) is 0 Å². The lowest BCUT2D eigenvalue weighted by molar-refractivity contribution is -0.156. The number of rotatable bonds is 36. The van der Waals surface area contributed by atoms with Crippen molar-refractivity contribution in [3.8, 4) is 6.07 Å². The number of nitrogens with one attached hydrogen (secondary N) is 4. The maximum atomic E-state index is 13.5. The van der Waals surface area contributed by atoms with Gasteiger partial charge in [0.15, 0.2) is 0 Å². The van der Waals surface area contributed by atoms with Gasteiger partial charge in [-0.25, -0.2) is 10.1 Å². The number of hydrogen-bond donors (Lipinski definition) is 7. The molecular weight excluding hydrogens is 1280 g/mol. The number of carboxylic acids is 1. The molecule has 0 saturated carbocycles. The number of unbranched alkanes of at least 4 members (excludes halogenated alkanes) is 4. The summed E-state index contributed by atoms with van der Waals surface area (Å²) >= 11 is 0. The van der Waals surface area contributed by atoms with E-state index in [9.17, 15) is 63.2 Å². The lowest BCUT2D eigenvalue weighted by Crippen LogP contribution is -2.59. The van der Waals surface area contributed by atoms with Crippen molar-refractivity contribution in [3.05, 3.63) is 35.4 Å². The quantitative estimate of drug-likeness (QED) is 0.0218. The van der Waals surface area contributed by atoms with E-state index < -0.39 is 52.7 Å². The number of nitriles is 1. The second kappa shape index (κ2) is 47.8. The Hall–Kier alpha value is -7.28. The summed E-state index contributed by atoms with van der Waals surface area (Å²) in [5, 5.41) is 49.9. The lowest BCUT2D eigenvalue weighted by Gasteiger charge is -2.40. The molecular formula is C73H127N13O14. The van der Waals surface area contributed by atoms with E-state index >= 15 is 0 Å². The molecule has 7 atom stereocenters. The van der Waals surface area contributed by atoms with Crippen molar-refractivity contribution in [1.29, 1.82) is 5.26 Å². The molecule has 3 saturated heterocycles. The van der Waals surface area contributed by atoms with Crippen molar-refractivity contribution in [2.75, 3.05) is 106 Å². The van der Waals surface area contributed by atoms with Crippen LogP contribution in [0.25, 0.3) is 0 Å². The summed E-state index contributed by atoms with van der Waals surface area (Å²) in [6.45, 7) is 33.7. The number of aliphatic carboxylic acids is 1. The van der Waals surface area contributed by atoms with Gasteiger partial charge in [-0.05, 0) is 78.9 Å². The molecule has 7 N–H and O–H groups in total. The van der Waals surface area contributed by atoms with Gasteiger partial charge in [0.25, 0.3) is 0 Å². The summed E-state index contributed by atoms with van der Waals surface area (Å²) in [5.41, 5.74) is 0.432. The topological polar surface area (TPSA) is 346 Å². The van der Waals surface area contributed by atoms with Crippen LogP contribution in [0.5, 0.6) is 0 Å². The monoisotopic (exact) mass is 1410 g/mol. The zero-order chi connectivity index (χ0) is 75.8. The molecule has 0 bridgehead atoms. The number of piperidine rings is 1. The molecule has 27 heteroatoms. The minimum absolute atomic E-state index is 0.0172. The van der Waals surface area contributed by atoms with Gasteiger partial charge < -0.3 is 50.9 Å². The Morgan fingerprint density at radius 3 is 1.15 bits per heavy atom. The van der Waals surface area contributed by atoms with Crippen molar-refractivity contribution in [3.63, 3.8) is 0 Å². The Morgan fingerprint density at radius 1 is 0.500 bits per heavy atom. The molecule has 10 amide bonds. The standard InChI is InChI=1S/C26H39N5O4.C20H37N3O3.C18H34N4O4.C9H17NO3/c1-5-6-7-22(18-31(35)19-32)24(33)28-23(26(2,3)4)25(34)30-14-12-29(13-15-30)17-21-10-8-20(16-27)9-11-21;1-6-7-11-16(14-22(5)15-24)18(25)21-17(20(2,3)4)19(26)23-12-9-8-10-13-23;1-5-6-7-14(12-22(26)13-23)16(24)20-15(18(2,3)4)17(25)21-10-8-19-9-11-21;1-3-4-5-8(9(12)13)6-10(2)7-11/h8-11,19,22-23,35H,5-7,12-15,17-18H2,1-4H3,(H,28,33);15-17H,6-14H2,1-5H3,(H,21,25);13-15,19,26H,5-12H2,1-4H3,(H,20,24);7-8H,3-6H2,1-2H3,(H,12,13)/t22-,23-;16-,17-;14-,15-;8-/m1111/s1.